The summed E-state index contributed by atoms with van der Waals surface area (Å²) >= 11 is 0. The molecule has 0 heterocycles. The van der Waals surface area contributed by atoms with Gasteiger partial charge in [-0.2, -0.15) is 0 Å². The molecule has 0 aliphatic heterocycles. The van der Waals surface area contributed by atoms with Crippen molar-refractivity contribution < 1.29 is 27.4 Å². The Morgan fingerprint density at radius 3 is 2.27 bits per heavy atom. The van der Waals surface area contributed by atoms with Gasteiger partial charge in [0.05, 0.1) is 18.1 Å². The number of nitrogens with one attached hydrogen (secondary N) is 2. The maximum atomic E-state index is 12.6. The van der Waals surface area contributed by atoms with Crippen molar-refractivity contribution in [1.82, 2.24) is 4.72 Å². The molecule has 0 aliphatic rings. The van der Waals surface area contributed by atoms with E-state index in [0.717, 1.165) is 0 Å². The molecule has 0 aromatic heterocycles. The van der Waals surface area contributed by atoms with Crippen LogP contribution in [0.2, 0.25) is 0 Å². The van der Waals surface area contributed by atoms with Crippen molar-refractivity contribution in [3.63, 3.8) is 0 Å². The molecule has 2 aromatic rings. The Hall–Kier alpha value is -2.62. The van der Waals surface area contributed by atoms with Crippen LogP contribution in [0.4, 0.5) is 5.69 Å². The predicted molar refractivity (Wildman–Crippen MR) is 115 cm³/mol. The van der Waals surface area contributed by atoms with Gasteiger partial charge in [0.25, 0.3) is 5.91 Å². The highest BCUT2D eigenvalue weighted by Gasteiger charge is 2.15. The van der Waals surface area contributed by atoms with Crippen LogP contribution in [0, 0.1) is 0 Å². The number of ether oxygens (including phenoxy) is 3. The summed E-state index contributed by atoms with van der Waals surface area (Å²) in [6.45, 7) is 5.42. The molecule has 2 rings (SSSR count). The van der Waals surface area contributed by atoms with Gasteiger partial charge in [-0.1, -0.05) is 0 Å². The first-order chi connectivity index (χ1) is 14.4. The molecule has 1 amide bonds. The third-order valence-corrected chi connectivity index (χ3v) is 5.52. The van der Waals surface area contributed by atoms with Crippen LogP contribution in [-0.4, -0.2) is 47.8 Å². The largest absolute Gasteiger partial charge is 0.490 e. The number of carbonyl (C=O) groups is 1. The molecule has 8 nitrogen and oxygen atoms in total. The second-order valence-corrected chi connectivity index (χ2v) is 8.02. The fraction of sp³-hybridized carbons (Fsp3) is 0.381. The van der Waals surface area contributed by atoms with Gasteiger partial charge in [0.1, 0.15) is 0 Å². The maximum absolute atomic E-state index is 12.6. The maximum Gasteiger partial charge on any atom is 0.255 e. The highest BCUT2D eigenvalue weighted by Crippen LogP contribution is 2.29. The van der Waals surface area contributed by atoms with Gasteiger partial charge in [-0.3, -0.25) is 4.79 Å². The summed E-state index contributed by atoms with van der Waals surface area (Å²) in [5.74, 6) is 0.726. The number of carbonyl (C=O) groups excluding carboxylic acids is 1. The van der Waals surface area contributed by atoms with Gasteiger partial charge in [-0.05, 0) is 62.7 Å². The van der Waals surface area contributed by atoms with Crippen molar-refractivity contribution in [2.45, 2.75) is 25.2 Å². The molecule has 0 bridgehead atoms. The van der Waals surface area contributed by atoms with Gasteiger partial charge in [0.2, 0.25) is 10.0 Å². The van der Waals surface area contributed by atoms with E-state index >= 15 is 0 Å². The Balaban J connectivity index is 2.06. The van der Waals surface area contributed by atoms with Crippen LogP contribution in [-0.2, 0) is 14.8 Å². The van der Waals surface area contributed by atoms with E-state index in [-0.39, 0.29) is 17.3 Å². The molecule has 0 spiro atoms. The average molecular weight is 437 g/mol. The van der Waals surface area contributed by atoms with E-state index in [0.29, 0.717) is 49.0 Å². The van der Waals surface area contributed by atoms with Gasteiger partial charge in [-0.25, -0.2) is 13.1 Å². The molecule has 2 aromatic carbocycles. The second-order valence-electron chi connectivity index (χ2n) is 6.25. The minimum atomic E-state index is -3.61. The van der Waals surface area contributed by atoms with Gasteiger partial charge in [0.15, 0.2) is 11.5 Å². The number of hydrogen-bond acceptors (Lipinski definition) is 6. The quantitative estimate of drug-likeness (QED) is 0.496. The van der Waals surface area contributed by atoms with Crippen molar-refractivity contribution in [2.75, 3.05) is 38.8 Å². The minimum absolute atomic E-state index is 0.123. The zero-order chi connectivity index (χ0) is 22.0. The Morgan fingerprint density at radius 1 is 0.967 bits per heavy atom. The topological polar surface area (TPSA) is 103 Å². The Bertz CT molecular complexity index is 929. The van der Waals surface area contributed by atoms with Crippen LogP contribution in [0.25, 0.3) is 0 Å². The van der Waals surface area contributed by atoms with Crippen LogP contribution < -0.4 is 19.5 Å². The number of anilines is 1. The smallest absolute Gasteiger partial charge is 0.255 e. The lowest BCUT2D eigenvalue weighted by molar-refractivity contribution is 0.102. The summed E-state index contributed by atoms with van der Waals surface area (Å²) in [6.07, 6.45) is 0.579. The number of amides is 1. The van der Waals surface area contributed by atoms with E-state index in [4.69, 9.17) is 14.2 Å². The zero-order valence-electron chi connectivity index (χ0n) is 17.4. The monoisotopic (exact) mass is 436 g/mol. The number of hydrogen-bond donors (Lipinski definition) is 2. The number of rotatable bonds is 12. The van der Waals surface area contributed by atoms with E-state index in [9.17, 15) is 13.2 Å². The van der Waals surface area contributed by atoms with Crippen molar-refractivity contribution in [3.8, 4) is 11.5 Å². The summed E-state index contributed by atoms with van der Waals surface area (Å²) in [7, 11) is -2.05. The lowest BCUT2D eigenvalue weighted by Crippen LogP contribution is -2.25. The summed E-state index contributed by atoms with van der Waals surface area (Å²) in [5, 5.41) is 2.75. The molecule has 0 saturated heterocycles. The highest BCUT2D eigenvalue weighted by molar-refractivity contribution is 7.89. The molecule has 0 atom stereocenters. The first kappa shape index (κ1) is 23.7. The summed E-state index contributed by atoms with van der Waals surface area (Å²) in [6, 6.07) is 10.9. The third-order valence-electron chi connectivity index (χ3n) is 4.05. The molecule has 0 unspecified atom stereocenters. The lowest BCUT2D eigenvalue weighted by Gasteiger charge is -2.13. The van der Waals surface area contributed by atoms with E-state index < -0.39 is 10.0 Å². The molecule has 0 fully saturated rings. The van der Waals surface area contributed by atoms with Crippen molar-refractivity contribution in [1.29, 1.82) is 0 Å². The van der Waals surface area contributed by atoms with Crippen LogP contribution in [0.1, 0.15) is 30.6 Å². The van der Waals surface area contributed by atoms with Gasteiger partial charge in [-0.15, -0.1) is 0 Å². The van der Waals surface area contributed by atoms with Crippen LogP contribution in [0.3, 0.4) is 0 Å². The van der Waals surface area contributed by atoms with E-state index in [1.54, 1.807) is 37.4 Å². The van der Waals surface area contributed by atoms with Crippen LogP contribution >= 0.6 is 0 Å². The molecule has 0 aliphatic carbocycles. The fourth-order valence-electron chi connectivity index (χ4n) is 2.62. The van der Waals surface area contributed by atoms with Gasteiger partial charge >= 0.3 is 0 Å². The number of methoxy groups -OCH3 is 1. The molecule has 0 radical (unpaired) electrons. The van der Waals surface area contributed by atoms with Crippen molar-refractivity contribution in [2.24, 2.45) is 0 Å². The average Bonchev–Trinajstić information content (AvgIpc) is 2.73. The zero-order valence-corrected chi connectivity index (χ0v) is 18.3. The van der Waals surface area contributed by atoms with Crippen molar-refractivity contribution in [3.05, 3.63) is 48.0 Å². The predicted octanol–water partition coefficient (Wildman–Crippen LogP) is 3.05. The summed E-state index contributed by atoms with van der Waals surface area (Å²) in [4.78, 5) is 12.7. The van der Waals surface area contributed by atoms with Crippen LogP contribution in [0.5, 0.6) is 11.5 Å². The Labute approximate surface area is 177 Å². The number of sulfonamides is 1. The van der Waals surface area contributed by atoms with Gasteiger partial charge < -0.3 is 19.5 Å². The Morgan fingerprint density at radius 2 is 1.63 bits per heavy atom. The lowest BCUT2D eigenvalue weighted by atomic mass is 10.2. The molecule has 9 heteroatoms. The standard InChI is InChI=1S/C21H28N2O6S/c1-4-28-19-12-7-16(15-20(19)29-5-2)21(24)23-17-8-10-18(11-9-17)30(25,26)22-13-6-14-27-3/h7-12,15,22H,4-6,13-14H2,1-3H3,(H,23,24). The number of benzene rings is 2. The molecule has 30 heavy (non-hydrogen) atoms. The van der Waals surface area contributed by atoms with E-state index in [1.165, 1.54) is 12.1 Å². The molecule has 164 valence electrons. The van der Waals surface area contributed by atoms with Crippen LogP contribution in [0.15, 0.2) is 47.4 Å². The molecule has 2 N–H and O–H groups in total. The Kier molecular flexibility index (Phi) is 9.10. The summed E-state index contributed by atoms with van der Waals surface area (Å²) < 4.78 is 43.0. The summed E-state index contributed by atoms with van der Waals surface area (Å²) in [5.41, 5.74) is 0.878. The second kappa shape index (κ2) is 11.5. The van der Waals surface area contributed by atoms with E-state index in [1.807, 2.05) is 13.8 Å². The fourth-order valence-corrected chi connectivity index (χ4v) is 3.69. The minimum Gasteiger partial charge on any atom is -0.490 e. The highest BCUT2D eigenvalue weighted by atomic mass is 32.2. The van der Waals surface area contributed by atoms with Crippen molar-refractivity contribution >= 4 is 21.6 Å². The third kappa shape index (κ3) is 6.72. The SMILES string of the molecule is CCOc1ccc(C(=O)Nc2ccc(S(=O)(=O)NCCCOC)cc2)cc1OCC. The molecular weight excluding hydrogens is 408 g/mol. The normalized spacial score (nSPS) is 11.2. The first-order valence-corrected chi connectivity index (χ1v) is 11.2. The van der Waals surface area contributed by atoms with E-state index in [2.05, 4.69) is 10.0 Å². The molecular formula is C21H28N2O6S. The first-order valence-electron chi connectivity index (χ1n) is 9.71. The molecule has 0 saturated carbocycles. The van der Waals surface area contributed by atoms with Gasteiger partial charge in [0, 0.05) is 31.5 Å².